The van der Waals surface area contributed by atoms with Crippen molar-refractivity contribution in [3.63, 3.8) is 0 Å². The molecule has 2 heterocycles. The van der Waals surface area contributed by atoms with Crippen molar-refractivity contribution >= 4 is 22.8 Å². The van der Waals surface area contributed by atoms with Gasteiger partial charge in [-0.3, -0.25) is 0 Å². The van der Waals surface area contributed by atoms with E-state index < -0.39 is 0 Å². The Hall–Kier alpha value is -1.36. The third kappa shape index (κ3) is 2.14. The van der Waals surface area contributed by atoms with Crippen molar-refractivity contribution < 1.29 is 4.74 Å². The predicted molar refractivity (Wildman–Crippen MR) is 78.1 cm³/mol. The molecule has 3 rings (SSSR count). The maximum Gasteiger partial charge on any atom is 0.245 e. The summed E-state index contributed by atoms with van der Waals surface area (Å²) in [5.41, 5.74) is 1.90. The maximum atomic E-state index is 6.08. The summed E-state index contributed by atoms with van der Waals surface area (Å²) >= 11 is 6.08. The first-order valence-electron chi connectivity index (χ1n) is 6.87. The minimum Gasteiger partial charge on any atom is -0.479 e. The maximum absolute atomic E-state index is 6.08. The summed E-state index contributed by atoms with van der Waals surface area (Å²) in [7, 11) is 1.60. The summed E-state index contributed by atoms with van der Waals surface area (Å²) in [4.78, 5) is 13.1. The van der Waals surface area contributed by atoms with Crippen LogP contribution in [-0.4, -0.2) is 26.6 Å². The predicted octanol–water partition coefficient (Wildman–Crippen LogP) is 3.32. The van der Waals surface area contributed by atoms with Gasteiger partial charge in [0.2, 0.25) is 5.88 Å². The monoisotopic (exact) mass is 294 g/mol. The first kappa shape index (κ1) is 13.6. The Labute approximate surface area is 123 Å². The summed E-state index contributed by atoms with van der Waals surface area (Å²) in [6, 6.07) is 0.406. The molecule has 1 unspecified atom stereocenters. The largest absolute Gasteiger partial charge is 0.479 e. The van der Waals surface area contributed by atoms with E-state index in [-0.39, 0.29) is 0 Å². The highest BCUT2D eigenvalue weighted by Gasteiger charge is 2.34. The van der Waals surface area contributed by atoms with Crippen molar-refractivity contribution in [2.45, 2.75) is 45.0 Å². The summed E-state index contributed by atoms with van der Waals surface area (Å²) in [6.45, 7) is 4.62. The number of ether oxygens (including phenoxy) is 1. The van der Waals surface area contributed by atoms with Gasteiger partial charge in [0, 0.05) is 6.04 Å². The Kier molecular flexibility index (Phi) is 3.32. The molecule has 0 N–H and O–H groups in total. The van der Waals surface area contributed by atoms with Gasteiger partial charge < -0.3 is 9.30 Å². The molecule has 0 amide bonds. The topological polar surface area (TPSA) is 52.8 Å². The van der Waals surface area contributed by atoms with E-state index in [2.05, 4.69) is 33.4 Å². The third-order valence-electron chi connectivity index (χ3n) is 4.14. The molecule has 5 nitrogen and oxygen atoms in total. The Morgan fingerprint density at radius 3 is 2.85 bits per heavy atom. The number of imidazole rings is 1. The van der Waals surface area contributed by atoms with Gasteiger partial charge in [0.1, 0.15) is 12.2 Å². The van der Waals surface area contributed by atoms with Crippen LogP contribution in [0.25, 0.3) is 11.2 Å². The highest BCUT2D eigenvalue weighted by atomic mass is 35.5. The number of nitrogens with zero attached hydrogens (tertiary/aromatic N) is 4. The van der Waals surface area contributed by atoms with Crippen LogP contribution < -0.4 is 4.74 Å². The highest BCUT2D eigenvalue weighted by molar-refractivity contribution is 6.16. The molecule has 2 aromatic rings. The number of halogens is 1. The Bertz CT molecular complexity index is 637. The molecule has 1 aliphatic carbocycles. The van der Waals surface area contributed by atoms with Gasteiger partial charge in [-0.25, -0.2) is 9.97 Å². The molecular formula is C14H19ClN4O. The van der Waals surface area contributed by atoms with Crippen LogP contribution in [0.15, 0.2) is 6.33 Å². The van der Waals surface area contributed by atoms with Crippen LogP contribution in [0.5, 0.6) is 5.88 Å². The lowest BCUT2D eigenvalue weighted by atomic mass is 9.92. The van der Waals surface area contributed by atoms with Gasteiger partial charge in [0.15, 0.2) is 11.2 Å². The van der Waals surface area contributed by atoms with E-state index in [1.54, 1.807) is 7.11 Å². The Morgan fingerprint density at radius 2 is 2.25 bits per heavy atom. The molecule has 6 heteroatoms. The molecule has 2 aromatic heterocycles. The fourth-order valence-electron chi connectivity index (χ4n) is 3.18. The van der Waals surface area contributed by atoms with Crippen LogP contribution in [0.2, 0.25) is 0 Å². The van der Waals surface area contributed by atoms with E-state index in [0.717, 1.165) is 24.3 Å². The normalized spacial score (nSPS) is 21.5. The average molecular weight is 295 g/mol. The second-order valence-corrected chi connectivity index (χ2v) is 6.41. The third-order valence-corrected chi connectivity index (χ3v) is 4.38. The molecule has 0 radical (unpaired) electrons. The van der Waals surface area contributed by atoms with E-state index in [9.17, 15) is 0 Å². The summed E-state index contributed by atoms with van der Waals surface area (Å²) in [5, 5.41) is 0. The molecule has 1 fully saturated rings. The van der Waals surface area contributed by atoms with Gasteiger partial charge in [0.25, 0.3) is 0 Å². The van der Waals surface area contributed by atoms with Gasteiger partial charge in [-0.05, 0) is 24.7 Å². The number of methoxy groups -OCH3 is 1. The van der Waals surface area contributed by atoms with Gasteiger partial charge >= 0.3 is 0 Å². The van der Waals surface area contributed by atoms with E-state index in [1.807, 2.05) is 0 Å². The number of hydrogen-bond acceptors (Lipinski definition) is 4. The molecule has 0 spiro atoms. The van der Waals surface area contributed by atoms with Crippen LogP contribution in [-0.2, 0) is 5.88 Å². The van der Waals surface area contributed by atoms with Gasteiger partial charge in [-0.1, -0.05) is 13.8 Å². The molecule has 20 heavy (non-hydrogen) atoms. The van der Waals surface area contributed by atoms with Gasteiger partial charge in [-0.2, -0.15) is 4.98 Å². The van der Waals surface area contributed by atoms with Gasteiger partial charge in [-0.15, -0.1) is 11.6 Å². The van der Waals surface area contributed by atoms with Crippen molar-refractivity contribution in [3.8, 4) is 5.88 Å². The van der Waals surface area contributed by atoms with Crippen LogP contribution in [0.3, 0.4) is 0 Å². The van der Waals surface area contributed by atoms with E-state index >= 15 is 0 Å². The molecule has 1 aliphatic rings. The molecule has 0 aromatic carbocycles. The van der Waals surface area contributed by atoms with Crippen LogP contribution in [0, 0.1) is 5.41 Å². The van der Waals surface area contributed by atoms with Gasteiger partial charge in [0.05, 0.1) is 13.0 Å². The number of rotatable bonds is 3. The molecule has 108 valence electrons. The smallest absolute Gasteiger partial charge is 0.245 e. The van der Waals surface area contributed by atoms with Crippen molar-refractivity contribution in [2.75, 3.05) is 7.11 Å². The fourth-order valence-corrected chi connectivity index (χ4v) is 3.37. The Morgan fingerprint density at radius 1 is 1.45 bits per heavy atom. The van der Waals surface area contributed by atoms with Crippen molar-refractivity contribution in [2.24, 2.45) is 5.41 Å². The zero-order chi connectivity index (χ0) is 14.3. The zero-order valence-corrected chi connectivity index (χ0v) is 12.8. The van der Waals surface area contributed by atoms with Crippen molar-refractivity contribution in [1.29, 1.82) is 0 Å². The molecule has 0 aliphatic heterocycles. The van der Waals surface area contributed by atoms with Crippen LogP contribution >= 0.6 is 11.6 Å². The Balaban J connectivity index is 2.14. The molecule has 1 atom stereocenters. The average Bonchev–Trinajstić information content (AvgIpc) is 2.97. The molecule has 0 saturated heterocycles. The minimum atomic E-state index is 0.363. The zero-order valence-electron chi connectivity index (χ0n) is 12.1. The molecular weight excluding hydrogens is 276 g/mol. The summed E-state index contributed by atoms with van der Waals surface area (Å²) in [6.07, 6.45) is 4.99. The number of hydrogen-bond donors (Lipinski definition) is 0. The fraction of sp³-hybridized carbons (Fsp3) is 0.643. The highest BCUT2D eigenvalue weighted by Crippen LogP contribution is 2.45. The molecule has 1 saturated carbocycles. The van der Waals surface area contributed by atoms with E-state index in [1.165, 1.54) is 12.7 Å². The first-order valence-corrected chi connectivity index (χ1v) is 7.41. The molecule has 0 bridgehead atoms. The van der Waals surface area contributed by atoms with Crippen molar-refractivity contribution in [3.05, 3.63) is 12.2 Å². The van der Waals surface area contributed by atoms with Crippen LogP contribution in [0.1, 0.15) is 45.0 Å². The number of aromatic nitrogens is 4. The lowest BCUT2D eigenvalue weighted by molar-refractivity contribution is 0.359. The standard InChI is InChI=1S/C14H19ClN4O/c1-14(2)5-4-9(6-14)19-10(7-15)18-11-12(19)16-8-17-13(11)20-3/h8-9H,4-7H2,1-3H3. The van der Waals surface area contributed by atoms with E-state index in [0.29, 0.717) is 28.7 Å². The quantitative estimate of drug-likeness (QED) is 0.815. The number of alkyl halides is 1. The van der Waals surface area contributed by atoms with Crippen LogP contribution in [0.4, 0.5) is 0 Å². The SMILES string of the molecule is COc1ncnc2c1nc(CCl)n2C1CCC(C)(C)C1. The second kappa shape index (κ2) is 4.88. The first-order chi connectivity index (χ1) is 9.55. The minimum absolute atomic E-state index is 0.363. The van der Waals surface area contributed by atoms with E-state index in [4.69, 9.17) is 16.3 Å². The second-order valence-electron chi connectivity index (χ2n) is 6.15. The lowest BCUT2D eigenvalue weighted by Gasteiger charge is -2.19. The van der Waals surface area contributed by atoms with Crippen molar-refractivity contribution in [1.82, 2.24) is 19.5 Å². The summed E-state index contributed by atoms with van der Waals surface area (Å²) < 4.78 is 7.46. The number of fused-ring (bicyclic) bond motifs is 1. The summed E-state index contributed by atoms with van der Waals surface area (Å²) in [5.74, 6) is 1.73. The lowest BCUT2D eigenvalue weighted by Crippen LogP contribution is -2.12.